The Hall–Kier alpha value is -1.35. The van der Waals surface area contributed by atoms with Gasteiger partial charge in [0.15, 0.2) is 0 Å². The molecule has 1 spiro atoms. The maximum atomic E-state index is 12.6. The van der Waals surface area contributed by atoms with Gasteiger partial charge in [-0.25, -0.2) is 0 Å². The van der Waals surface area contributed by atoms with Crippen molar-refractivity contribution >= 4 is 23.4 Å². The highest BCUT2D eigenvalue weighted by Crippen LogP contribution is 2.47. The van der Waals surface area contributed by atoms with E-state index in [-0.39, 0.29) is 23.3 Å². The van der Waals surface area contributed by atoms with Gasteiger partial charge in [-0.2, -0.15) is 0 Å². The third-order valence-corrected chi connectivity index (χ3v) is 5.47. The molecule has 4 heteroatoms. The Labute approximate surface area is 136 Å². The van der Waals surface area contributed by atoms with Crippen molar-refractivity contribution in [3.05, 3.63) is 35.9 Å². The molecule has 1 saturated carbocycles. The molecule has 2 amide bonds. The van der Waals surface area contributed by atoms with Crippen LogP contribution in [0, 0.1) is 5.41 Å². The number of likely N-dealkylation sites (tertiary alicyclic amines) is 1. The lowest BCUT2D eigenvalue weighted by atomic mass is 9.76. The second kappa shape index (κ2) is 6.41. The van der Waals surface area contributed by atoms with Crippen LogP contribution in [0.2, 0.25) is 0 Å². The SMILES string of the molecule is O=C1CC2(CCCC2)CC(=O)N1[C@@H](CCl)Cc1ccccc1. The number of alkyl halides is 1. The van der Waals surface area contributed by atoms with Crippen LogP contribution in [0.1, 0.15) is 44.1 Å². The van der Waals surface area contributed by atoms with Crippen molar-refractivity contribution in [2.24, 2.45) is 5.41 Å². The average Bonchev–Trinajstić information content (AvgIpc) is 2.94. The van der Waals surface area contributed by atoms with Gasteiger partial charge in [-0.3, -0.25) is 14.5 Å². The van der Waals surface area contributed by atoms with Gasteiger partial charge < -0.3 is 0 Å². The molecule has 3 rings (SSSR count). The molecule has 2 fully saturated rings. The highest BCUT2D eigenvalue weighted by Gasteiger charge is 2.46. The molecule has 2 aliphatic rings. The number of benzene rings is 1. The molecule has 0 unspecified atom stereocenters. The lowest BCUT2D eigenvalue weighted by Crippen LogP contribution is -2.53. The molecule has 1 aromatic rings. The summed E-state index contributed by atoms with van der Waals surface area (Å²) in [6.07, 6.45) is 5.98. The van der Waals surface area contributed by atoms with E-state index in [4.69, 9.17) is 11.6 Å². The summed E-state index contributed by atoms with van der Waals surface area (Å²) in [6, 6.07) is 9.68. The minimum atomic E-state index is -0.234. The van der Waals surface area contributed by atoms with Crippen molar-refractivity contribution < 1.29 is 9.59 Å². The Kier molecular flexibility index (Phi) is 4.53. The number of imide groups is 1. The highest BCUT2D eigenvalue weighted by atomic mass is 35.5. The zero-order chi connectivity index (χ0) is 15.6. The molecule has 1 atom stereocenters. The van der Waals surface area contributed by atoms with E-state index in [0.29, 0.717) is 25.1 Å². The van der Waals surface area contributed by atoms with Gasteiger partial charge in [0.25, 0.3) is 0 Å². The van der Waals surface area contributed by atoms with E-state index in [9.17, 15) is 9.59 Å². The fraction of sp³-hybridized carbons (Fsp3) is 0.556. The molecule has 22 heavy (non-hydrogen) atoms. The number of piperidine rings is 1. The third-order valence-electron chi connectivity index (χ3n) is 5.11. The molecule has 1 aliphatic carbocycles. The van der Waals surface area contributed by atoms with E-state index in [0.717, 1.165) is 31.2 Å². The summed E-state index contributed by atoms with van der Waals surface area (Å²) in [5, 5.41) is 0. The van der Waals surface area contributed by atoms with E-state index in [1.165, 1.54) is 4.90 Å². The standard InChI is InChI=1S/C18H22ClNO2/c19-13-15(10-14-6-2-1-3-7-14)20-16(21)11-18(12-17(20)22)8-4-5-9-18/h1-3,6-7,15H,4-5,8-13H2/t15-/m1/s1. The molecule has 3 nitrogen and oxygen atoms in total. The summed E-state index contributed by atoms with van der Waals surface area (Å²) in [7, 11) is 0. The fourth-order valence-electron chi connectivity index (χ4n) is 4.00. The molecule has 1 heterocycles. The van der Waals surface area contributed by atoms with E-state index < -0.39 is 0 Å². The quantitative estimate of drug-likeness (QED) is 0.628. The van der Waals surface area contributed by atoms with Crippen molar-refractivity contribution in [3.8, 4) is 0 Å². The molecular formula is C18H22ClNO2. The lowest BCUT2D eigenvalue weighted by Gasteiger charge is -2.40. The van der Waals surface area contributed by atoms with Crippen LogP contribution in [-0.2, 0) is 16.0 Å². The van der Waals surface area contributed by atoms with Gasteiger partial charge in [0.2, 0.25) is 11.8 Å². The van der Waals surface area contributed by atoms with Crippen LogP contribution in [0.4, 0.5) is 0 Å². The van der Waals surface area contributed by atoms with Gasteiger partial charge in [0, 0.05) is 18.7 Å². The van der Waals surface area contributed by atoms with Crippen LogP contribution in [0.5, 0.6) is 0 Å². The first-order chi connectivity index (χ1) is 10.6. The predicted molar refractivity (Wildman–Crippen MR) is 86.6 cm³/mol. The Bertz CT molecular complexity index is 531. The van der Waals surface area contributed by atoms with Crippen molar-refractivity contribution in [2.75, 3.05) is 5.88 Å². The molecule has 118 valence electrons. The first-order valence-corrected chi connectivity index (χ1v) is 8.62. The van der Waals surface area contributed by atoms with Crippen molar-refractivity contribution in [1.29, 1.82) is 0 Å². The summed E-state index contributed by atoms with van der Waals surface area (Å²) in [6.45, 7) is 0. The molecule has 1 aromatic carbocycles. The van der Waals surface area contributed by atoms with E-state index >= 15 is 0 Å². The van der Waals surface area contributed by atoms with Gasteiger partial charge >= 0.3 is 0 Å². The van der Waals surface area contributed by atoms with Crippen molar-refractivity contribution in [1.82, 2.24) is 4.90 Å². The third kappa shape index (κ3) is 3.05. The van der Waals surface area contributed by atoms with Crippen LogP contribution < -0.4 is 0 Å². The van der Waals surface area contributed by atoms with Crippen LogP contribution in [0.25, 0.3) is 0 Å². The number of carbonyl (C=O) groups excluding carboxylic acids is 2. The van der Waals surface area contributed by atoms with E-state index in [2.05, 4.69) is 0 Å². The number of amides is 2. The number of hydrogen-bond acceptors (Lipinski definition) is 2. The smallest absolute Gasteiger partial charge is 0.230 e. The van der Waals surface area contributed by atoms with Crippen LogP contribution in [0.15, 0.2) is 30.3 Å². The van der Waals surface area contributed by atoms with Crippen molar-refractivity contribution in [2.45, 2.75) is 51.0 Å². The molecule has 1 saturated heterocycles. The number of carbonyl (C=O) groups is 2. The summed E-state index contributed by atoms with van der Waals surface area (Å²) >= 11 is 6.09. The molecule has 1 aliphatic heterocycles. The van der Waals surface area contributed by atoms with Gasteiger partial charge in [0.1, 0.15) is 0 Å². The predicted octanol–water partition coefficient (Wildman–Crippen LogP) is 3.55. The molecule has 0 N–H and O–H groups in total. The number of nitrogens with zero attached hydrogens (tertiary/aromatic N) is 1. The van der Waals surface area contributed by atoms with Crippen LogP contribution in [-0.4, -0.2) is 28.6 Å². The van der Waals surface area contributed by atoms with E-state index in [1.54, 1.807) is 0 Å². The Morgan fingerprint density at radius 3 is 2.18 bits per heavy atom. The largest absolute Gasteiger partial charge is 0.278 e. The fourth-order valence-corrected chi connectivity index (χ4v) is 4.25. The number of rotatable bonds is 4. The molecule has 0 radical (unpaired) electrons. The summed E-state index contributed by atoms with van der Waals surface area (Å²) in [5.41, 5.74) is 1.06. The molecule has 0 bridgehead atoms. The maximum absolute atomic E-state index is 12.6. The average molecular weight is 320 g/mol. The summed E-state index contributed by atoms with van der Waals surface area (Å²) in [4.78, 5) is 26.7. The maximum Gasteiger partial charge on any atom is 0.230 e. The minimum absolute atomic E-state index is 0.0280. The monoisotopic (exact) mass is 319 g/mol. The normalized spacial score (nSPS) is 22.3. The van der Waals surface area contributed by atoms with Crippen LogP contribution in [0.3, 0.4) is 0 Å². The lowest BCUT2D eigenvalue weighted by molar-refractivity contribution is -0.155. The Morgan fingerprint density at radius 2 is 1.64 bits per heavy atom. The Balaban J connectivity index is 1.75. The highest BCUT2D eigenvalue weighted by molar-refractivity contribution is 6.18. The van der Waals surface area contributed by atoms with Gasteiger partial charge in [-0.15, -0.1) is 11.6 Å². The first-order valence-electron chi connectivity index (χ1n) is 8.08. The molecule has 0 aromatic heterocycles. The van der Waals surface area contributed by atoms with Crippen molar-refractivity contribution in [3.63, 3.8) is 0 Å². The second-order valence-electron chi connectivity index (χ2n) is 6.72. The second-order valence-corrected chi connectivity index (χ2v) is 7.02. The van der Waals surface area contributed by atoms with E-state index in [1.807, 2.05) is 30.3 Å². The summed E-state index contributed by atoms with van der Waals surface area (Å²) in [5.74, 6) is 0.235. The molecular weight excluding hydrogens is 298 g/mol. The van der Waals surface area contributed by atoms with Gasteiger partial charge in [-0.05, 0) is 30.2 Å². The topological polar surface area (TPSA) is 37.4 Å². The first kappa shape index (κ1) is 15.5. The zero-order valence-electron chi connectivity index (χ0n) is 12.8. The van der Waals surface area contributed by atoms with Crippen LogP contribution >= 0.6 is 11.6 Å². The summed E-state index contributed by atoms with van der Waals surface area (Å²) < 4.78 is 0. The van der Waals surface area contributed by atoms with Gasteiger partial charge in [-0.1, -0.05) is 43.2 Å². The zero-order valence-corrected chi connectivity index (χ0v) is 13.5. The Morgan fingerprint density at radius 1 is 1.05 bits per heavy atom. The minimum Gasteiger partial charge on any atom is -0.278 e. The number of halogens is 1. The van der Waals surface area contributed by atoms with Gasteiger partial charge in [0.05, 0.1) is 6.04 Å². The number of hydrogen-bond donors (Lipinski definition) is 0.